The average molecular weight is 270 g/mol. The lowest BCUT2D eigenvalue weighted by Gasteiger charge is -2.14. The third-order valence-corrected chi connectivity index (χ3v) is 3.37. The van der Waals surface area contributed by atoms with E-state index in [2.05, 4.69) is 9.97 Å². The fourth-order valence-corrected chi connectivity index (χ4v) is 2.30. The Morgan fingerprint density at radius 3 is 2.65 bits per heavy atom. The minimum atomic E-state index is -0.252. The van der Waals surface area contributed by atoms with Crippen LogP contribution in [-0.2, 0) is 7.05 Å². The number of hydrogen-bond donors (Lipinski definition) is 0. The monoisotopic (exact) mass is 270 g/mol. The lowest BCUT2D eigenvalue weighted by atomic mass is 10.2. The van der Waals surface area contributed by atoms with Gasteiger partial charge in [-0.25, -0.2) is 9.37 Å². The molecule has 0 fully saturated rings. The van der Waals surface area contributed by atoms with Gasteiger partial charge in [-0.3, -0.25) is 4.98 Å². The van der Waals surface area contributed by atoms with E-state index < -0.39 is 0 Å². The maximum absolute atomic E-state index is 14.1. The Morgan fingerprint density at radius 1 is 1.20 bits per heavy atom. The molecule has 20 heavy (non-hydrogen) atoms. The zero-order valence-electron chi connectivity index (χ0n) is 11.6. The van der Waals surface area contributed by atoms with E-state index in [1.807, 2.05) is 37.8 Å². The summed E-state index contributed by atoms with van der Waals surface area (Å²) in [7, 11) is 5.54. The Labute approximate surface area is 116 Å². The second-order valence-corrected chi connectivity index (χ2v) is 4.92. The summed E-state index contributed by atoms with van der Waals surface area (Å²) in [5, 5.41) is 0. The molecule has 0 aliphatic heterocycles. The molecule has 1 aromatic carbocycles. The van der Waals surface area contributed by atoms with Crippen LogP contribution in [0.15, 0.2) is 36.7 Å². The molecular formula is C15H15FN4. The number of anilines is 1. The van der Waals surface area contributed by atoms with Crippen molar-refractivity contribution in [2.75, 3.05) is 19.0 Å². The summed E-state index contributed by atoms with van der Waals surface area (Å²) < 4.78 is 16.0. The van der Waals surface area contributed by atoms with Crippen LogP contribution in [-0.4, -0.2) is 28.6 Å². The standard InChI is InChI=1S/C15H15FN4/c1-19(2)13-5-4-10(8-11(13)16)15-18-12-6-7-17-9-14(12)20(15)3/h4-9H,1-3H3. The third-order valence-electron chi connectivity index (χ3n) is 3.37. The molecule has 4 nitrogen and oxygen atoms in total. The van der Waals surface area contributed by atoms with E-state index in [4.69, 9.17) is 0 Å². The summed E-state index contributed by atoms with van der Waals surface area (Å²) in [6, 6.07) is 7.02. The SMILES string of the molecule is CN(C)c1ccc(-c2nc3ccncc3n2C)cc1F. The van der Waals surface area contributed by atoms with Crippen molar-refractivity contribution in [1.82, 2.24) is 14.5 Å². The predicted molar refractivity (Wildman–Crippen MR) is 78.2 cm³/mol. The van der Waals surface area contributed by atoms with Crippen LogP contribution >= 0.6 is 0 Å². The van der Waals surface area contributed by atoms with E-state index in [1.165, 1.54) is 6.07 Å². The molecule has 0 N–H and O–H groups in total. The molecule has 0 saturated heterocycles. The molecule has 0 radical (unpaired) electrons. The molecule has 0 bridgehead atoms. The van der Waals surface area contributed by atoms with Gasteiger partial charge in [0, 0.05) is 32.9 Å². The topological polar surface area (TPSA) is 34.0 Å². The van der Waals surface area contributed by atoms with Crippen LogP contribution in [0.2, 0.25) is 0 Å². The van der Waals surface area contributed by atoms with Crippen LogP contribution in [0.4, 0.5) is 10.1 Å². The van der Waals surface area contributed by atoms with Crippen LogP contribution in [0.25, 0.3) is 22.4 Å². The number of fused-ring (bicyclic) bond motifs is 1. The maximum Gasteiger partial charge on any atom is 0.147 e. The first kappa shape index (κ1) is 12.6. The van der Waals surface area contributed by atoms with Gasteiger partial charge < -0.3 is 9.47 Å². The van der Waals surface area contributed by atoms with Gasteiger partial charge in [-0.15, -0.1) is 0 Å². The van der Waals surface area contributed by atoms with Gasteiger partial charge in [-0.05, 0) is 24.3 Å². The Morgan fingerprint density at radius 2 is 2.00 bits per heavy atom. The molecule has 0 atom stereocenters. The van der Waals surface area contributed by atoms with Crippen molar-refractivity contribution in [2.45, 2.75) is 0 Å². The van der Waals surface area contributed by atoms with E-state index in [1.54, 1.807) is 23.4 Å². The van der Waals surface area contributed by atoms with Gasteiger partial charge in [0.1, 0.15) is 11.6 Å². The Balaban J connectivity index is 2.16. The van der Waals surface area contributed by atoms with Gasteiger partial charge in [0.25, 0.3) is 0 Å². The highest BCUT2D eigenvalue weighted by atomic mass is 19.1. The number of rotatable bonds is 2. The van der Waals surface area contributed by atoms with Crippen LogP contribution in [0.1, 0.15) is 0 Å². The highest BCUT2D eigenvalue weighted by molar-refractivity contribution is 5.79. The molecule has 0 aliphatic rings. The van der Waals surface area contributed by atoms with Crippen LogP contribution in [0, 0.1) is 5.82 Å². The van der Waals surface area contributed by atoms with Gasteiger partial charge in [-0.1, -0.05) is 0 Å². The van der Waals surface area contributed by atoms with E-state index in [9.17, 15) is 4.39 Å². The second kappa shape index (κ2) is 4.59. The van der Waals surface area contributed by atoms with Crippen molar-refractivity contribution in [3.8, 4) is 11.4 Å². The number of aromatic nitrogens is 3. The van der Waals surface area contributed by atoms with E-state index in [0.29, 0.717) is 5.69 Å². The normalized spacial score (nSPS) is 11.0. The van der Waals surface area contributed by atoms with Crippen molar-refractivity contribution in [3.63, 3.8) is 0 Å². The number of benzene rings is 1. The fourth-order valence-electron chi connectivity index (χ4n) is 2.30. The molecular weight excluding hydrogens is 255 g/mol. The first-order chi connectivity index (χ1) is 9.58. The Kier molecular flexibility index (Phi) is 2.89. The van der Waals surface area contributed by atoms with Crippen LogP contribution in [0.3, 0.4) is 0 Å². The number of imidazole rings is 1. The molecule has 2 aromatic heterocycles. The lowest BCUT2D eigenvalue weighted by molar-refractivity contribution is 0.626. The van der Waals surface area contributed by atoms with Crippen molar-refractivity contribution in [3.05, 3.63) is 42.5 Å². The minimum Gasteiger partial charge on any atom is -0.375 e. The molecule has 0 amide bonds. The first-order valence-corrected chi connectivity index (χ1v) is 6.31. The summed E-state index contributed by atoms with van der Waals surface area (Å²) >= 11 is 0. The Hall–Kier alpha value is -2.43. The van der Waals surface area contributed by atoms with Crippen molar-refractivity contribution >= 4 is 16.7 Å². The predicted octanol–water partition coefficient (Wildman–Crippen LogP) is 2.84. The van der Waals surface area contributed by atoms with Gasteiger partial charge in [0.05, 0.1) is 22.9 Å². The number of pyridine rings is 1. The molecule has 3 rings (SSSR count). The molecule has 5 heteroatoms. The molecule has 0 unspecified atom stereocenters. The third kappa shape index (κ3) is 1.91. The van der Waals surface area contributed by atoms with Crippen LogP contribution in [0.5, 0.6) is 0 Å². The van der Waals surface area contributed by atoms with Crippen molar-refractivity contribution in [2.24, 2.45) is 7.05 Å². The summed E-state index contributed by atoms with van der Waals surface area (Å²) in [6.45, 7) is 0. The van der Waals surface area contributed by atoms with Gasteiger partial charge in [-0.2, -0.15) is 0 Å². The lowest BCUT2D eigenvalue weighted by Crippen LogP contribution is -2.10. The van der Waals surface area contributed by atoms with Gasteiger partial charge in [0.2, 0.25) is 0 Å². The molecule has 102 valence electrons. The number of nitrogens with zero attached hydrogens (tertiary/aromatic N) is 4. The number of aryl methyl sites for hydroxylation is 1. The fraction of sp³-hybridized carbons (Fsp3) is 0.200. The summed E-state index contributed by atoms with van der Waals surface area (Å²) in [5.41, 5.74) is 3.11. The molecule has 0 aliphatic carbocycles. The van der Waals surface area contributed by atoms with E-state index in [0.717, 1.165) is 22.4 Å². The average Bonchev–Trinajstić information content (AvgIpc) is 2.76. The van der Waals surface area contributed by atoms with Crippen molar-refractivity contribution in [1.29, 1.82) is 0 Å². The highest BCUT2D eigenvalue weighted by Gasteiger charge is 2.12. The molecule has 3 aromatic rings. The van der Waals surface area contributed by atoms with Gasteiger partial charge in [0.15, 0.2) is 0 Å². The highest BCUT2D eigenvalue weighted by Crippen LogP contribution is 2.27. The molecule has 2 heterocycles. The first-order valence-electron chi connectivity index (χ1n) is 6.31. The number of halogens is 1. The summed E-state index contributed by atoms with van der Waals surface area (Å²) in [5.74, 6) is 0.481. The van der Waals surface area contributed by atoms with Crippen molar-refractivity contribution < 1.29 is 4.39 Å². The van der Waals surface area contributed by atoms with E-state index in [-0.39, 0.29) is 5.82 Å². The quantitative estimate of drug-likeness (QED) is 0.718. The van der Waals surface area contributed by atoms with Gasteiger partial charge >= 0.3 is 0 Å². The summed E-state index contributed by atoms with van der Waals surface area (Å²) in [6.07, 6.45) is 3.46. The van der Waals surface area contributed by atoms with Crippen LogP contribution < -0.4 is 4.90 Å². The van der Waals surface area contributed by atoms with E-state index >= 15 is 0 Å². The zero-order valence-corrected chi connectivity index (χ0v) is 11.6. The molecule has 0 saturated carbocycles. The molecule has 0 spiro atoms. The smallest absolute Gasteiger partial charge is 0.147 e. The maximum atomic E-state index is 14.1. The largest absolute Gasteiger partial charge is 0.375 e. The number of hydrogen-bond acceptors (Lipinski definition) is 3. The zero-order chi connectivity index (χ0) is 14.3. The second-order valence-electron chi connectivity index (χ2n) is 4.92. The summed E-state index contributed by atoms with van der Waals surface area (Å²) in [4.78, 5) is 10.4. The Bertz CT molecular complexity index is 777. The minimum absolute atomic E-state index is 0.252.